The zero-order valence-electron chi connectivity index (χ0n) is 13.9. The Morgan fingerprint density at radius 1 is 1.30 bits per heavy atom. The van der Waals surface area contributed by atoms with Crippen LogP contribution < -0.4 is 5.32 Å². The molecular weight excluding hydrogens is 411 g/mol. The number of nitrogens with zero attached hydrogens (tertiary/aromatic N) is 1. The van der Waals surface area contributed by atoms with Crippen LogP contribution in [-0.4, -0.2) is 31.9 Å². The maximum atomic E-state index is 12.2. The first-order chi connectivity index (χ1) is 12.8. The summed E-state index contributed by atoms with van der Waals surface area (Å²) in [7, 11) is -3.12. The second-order valence-electron chi connectivity index (χ2n) is 6.07. The number of halogens is 2. The number of sulfone groups is 1. The molecule has 2 heterocycles. The minimum Gasteiger partial charge on any atom is -0.457 e. The monoisotopic (exact) mass is 424 g/mol. The van der Waals surface area contributed by atoms with Crippen LogP contribution in [0.25, 0.3) is 17.4 Å². The van der Waals surface area contributed by atoms with Crippen molar-refractivity contribution >= 4 is 45.0 Å². The fraction of sp³-hybridized carbons (Fsp3) is 0.222. The lowest BCUT2D eigenvalue weighted by Gasteiger charge is -2.09. The van der Waals surface area contributed by atoms with E-state index in [2.05, 4.69) is 5.32 Å². The van der Waals surface area contributed by atoms with Crippen LogP contribution in [0.4, 0.5) is 0 Å². The molecule has 1 aromatic heterocycles. The first-order valence-electron chi connectivity index (χ1n) is 7.96. The van der Waals surface area contributed by atoms with Crippen molar-refractivity contribution in [3.05, 3.63) is 51.7 Å². The zero-order chi connectivity index (χ0) is 19.6. The Balaban J connectivity index is 1.77. The molecular formula is C18H14Cl2N2O4S. The highest BCUT2D eigenvalue weighted by Gasteiger charge is 2.29. The molecule has 6 nitrogen and oxygen atoms in total. The molecule has 1 aliphatic rings. The summed E-state index contributed by atoms with van der Waals surface area (Å²) < 4.78 is 28.6. The molecule has 1 amide bonds. The number of rotatable bonds is 4. The smallest absolute Gasteiger partial charge is 0.262 e. The van der Waals surface area contributed by atoms with Gasteiger partial charge in [0.05, 0.1) is 16.5 Å². The van der Waals surface area contributed by atoms with Crippen molar-refractivity contribution in [3.63, 3.8) is 0 Å². The van der Waals surface area contributed by atoms with Gasteiger partial charge in [-0.1, -0.05) is 23.2 Å². The van der Waals surface area contributed by atoms with E-state index in [0.29, 0.717) is 33.6 Å². The van der Waals surface area contributed by atoms with E-state index in [4.69, 9.17) is 27.6 Å². The van der Waals surface area contributed by atoms with Crippen LogP contribution in [0.3, 0.4) is 0 Å². The minimum absolute atomic E-state index is 0.0347. The van der Waals surface area contributed by atoms with Gasteiger partial charge in [-0.2, -0.15) is 5.26 Å². The van der Waals surface area contributed by atoms with Crippen LogP contribution in [-0.2, 0) is 14.6 Å². The third-order valence-electron chi connectivity index (χ3n) is 4.04. The van der Waals surface area contributed by atoms with Gasteiger partial charge in [-0.05, 0) is 36.8 Å². The Kier molecular flexibility index (Phi) is 5.61. The maximum absolute atomic E-state index is 12.2. The summed E-state index contributed by atoms with van der Waals surface area (Å²) in [6.07, 6.45) is 1.64. The lowest BCUT2D eigenvalue weighted by Crippen LogP contribution is -2.36. The van der Waals surface area contributed by atoms with Crippen molar-refractivity contribution in [1.82, 2.24) is 5.32 Å². The van der Waals surface area contributed by atoms with Crippen LogP contribution in [0.5, 0.6) is 0 Å². The van der Waals surface area contributed by atoms with E-state index in [1.807, 2.05) is 6.07 Å². The molecule has 0 aliphatic carbocycles. The second kappa shape index (κ2) is 7.77. The van der Waals surface area contributed by atoms with Gasteiger partial charge in [-0.3, -0.25) is 4.79 Å². The fourth-order valence-corrected chi connectivity index (χ4v) is 4.90. The number of carbonyl (C=O) groups excluding carboxylic acids is 1. The average molecular weight is 425 g/mol. The molecule has 0 saturated carbocycles. The zero-order valence-corrected chi connectivity index (χ0v) is 16.2. The summed E-state index contributed by atoms with van der Waals surface area (Å²) in [6.45, 7) is 0. The first kappa shape index (κ1) is 19.5. The highest BCUT2D eigenvalue weighted by molar-refractivity contribution is 7.91. The Hall–Kier alpha value is -2.27. The van der Waals surface area contributed by atoms with Gasteiger partial charge in [-0.25, -0.2) is 8.42 Å². The van der Waals surface area contributed by atoms with Crippen molar-refractivity contribution in [1.29, 1.82) is 5.26 Å². The van der Waals surface area contributed by atoms with E-state index < -0.39 is 21.8 Å². The average Bonchev–Trinajstić information content (AvgIpc) is 3.18. The van der Waals surface area contributed by atoms with E-state index in [1.165, 1.54) is 6.08 Å². The largest absolute Gasteiger partial charge is 0.457 e. The molecule has 0 radical (unpaired) electrons. The van der Waals surface area contributed by atoms with Gasteiger partial charge in [0.25, 0.3) is 5.91 Å². The number of nitrogens with one attached hydrogen (secondary N) is 1. The third-order valence-corrected chi connectivity index (χ3v) is 6.36. The molecule has 0 bridgehead atoms. The topological polar surface area (TPSA) is 100 Å². The number of furan rings is 1. The van der Waals surface area contributed by atoms with E-state index in [-0.39, 0.29) is 17.1 Å². The van der Waals surface area contributed by atoms with Crippen LogP contribution >= 0.6 is 23.2 Å². The summed E-state index contributed by atoms with van der Waals surface area (Å²) in [5.41, 5.74) is 0.447. The molecule has 1 atom stereocenters. The van der Waals surface area contributed by atoms with Crippen molar-refractivity contribution in [2.45, 2.75) is 12.5 Å². The van der Waals surface area contributed by atoms with Gasteiger partial charge in [0.2, 0.25) is 0 Å². The van der Waals surface area contributed by atoms with Gasteiger partial charge in [-0.15, -0.1) is 0 Å². The Morgan fingerprint density at radius 3 is 2.70 bits per heavy atom. The molecule has 1 aromatic carbocycles. The molecule has 1 aliphatic heterocycles. The normalized spacial score (nSPS) is 18.9. The summed E-state index contributed by atoms with van der Waals surface area (Å²) in [5.74, 6) is 0.0380. The Morgan fingerprint density at radius 2 is 2.07 bits per heavy atom. The van der Waals surface area contributed by atoms with Crippen LogP contribution in [0.2, 0.25) is 10.0 Å². The van der Waals surface area contributed by atoms with E-state index >= 15 is 0 Å². The number of hydrogen-bond donors (Lipinski definition) is 1. The number of hydrogen-bond acceptors (Lipinski definition) is 5. The second-order valence-corrected chi connectivity index (χ2v) is 9.14. The number of amides is 1. The van der Waals surface area contributed by atoms with Crippen molar-refractivity contribution in [2.24, 2.45) is 0 Å². The van der Waals surface area contributed by atoms with E-state index in [1.54, 1.807) is 30.3 Å². The Bertz CT molecular complexity index is 1070. The highest BCUT2D eigenvalue weighted by atomic mass is 35.5. The van der Waals surface area contributed by atoms with Crippen LogP contribution in [0, 0.1) is 11.3 Å². The molecule has 1 unspecified atom stereocenters. The lowest BCUT2D eigenvalue weighted by atomic mass is 10.2. The molecule has 3 rings (SSSR count). The fourth-order valence-electron chi connectivity index (χ4n) is 2.73. The van der Waals surface area contributed by atoms with Gasteiger partial charge in [0.1, 0.15) is 23.2 Å². The highest BCUT2D eigenvalue weighted by Crippen LogP contribution is 2.32. The third kappa shape index (κ3) is 4.72. The van der Waals surface area contributed by atoms with Gasteiger partial charge >= 0.3 is 0 Å². The lowest BCUT2D eigenvalue weighted by molar-refractivity contribution is -0.117. The summed E-state index contributed by atoms with van der Waals surface area (Å²) in [4.78, 5) is 12.2. The molecule has 2 aromatic rings. The summed E-state index contributed by atoms with van der Waals surface area (Å²) in [6, 6.07) is 9.55. The standard InChI is InChI=1S/C18H14Cl2N2O4S/c19-12-1-3-15(16(20)8-12)17-4-2-14(26-17)7-11(9-21)18(23)22-13-5-6-27(24,25)10-13/h1-4,7-8,13H,5-6,10H2,(H,22,23)/b11-7+. The summed E-state index contributed by atoms with van der Waals surface area (Å²) in [5, 5.41) is 12.7. The molecule has 1 saturated heterocycles. The SMILES string of the molecule is N#C/C(=C\c1ccc(-c2ccc(Cl)cc2Cl)o1)C(=O)NC1CCS(=O)(=O)C1. The van der Waals surface area contributed by atoms with Crippen molar-refractivity contribution in [3.8, 4) is 17.4 Å². The minimum atomic E-state index is -3.12. The molecule has 1 N–H and O–H groups in total. The van der Waals surface area contributed by atoms with Crippen molar-refractivity contribution < 1.29 is 17.6 Å². The van der Waals surface area contributed by atoms with E-state index in [9.17, 15) is 18.5 Å². The number of carbonyl (C=O) groups is 1. The molecule has 1 fully saturated rings. The summed E-state index contributed by atoms with van der Waals surface area (Å²) >= 11 is 12.0. The molecule has 27 heavy (non-hydrogen) atoms. The maximum Gasteiger partial charge on any atom is 0.262 e. The van der Waals surface area contributed by atoms with Crippen LogP contribution in [0.1, 0.15) is 12.2 Å². The van der Waals surface area contributed by atoms with E-state index in [0.717, 1.165) is 0 Å². The van der Waals surface area contributed by atoms with Crippen molar-refractivity contribution in [2.75, 3.05) is 11.5 Å². The van der Waals surface area contributed by atoms with Gasteiger partial charge in [0.15, 0.2) is 9.84 Å². The number of benzene rings is 1. The molecule has 9 heteroatoms. The quantitative estimate of drug-likeness (QED) is 0.597. The molecule has 140 valence electrons. The first-order valence-corrected chi connectivity index (χ1v) is 10.5. The van der Waals surface area contributed by atoms with Gasteiger partial charge in [0, 0.05) is 22.7 Å². The Labute approximate surface area is 166 Å². The molecule has 0 spiro atoms. The number of nitriles is 1. The predicted molar refractivity (Wildman–Crippen MR) is 103 cm³/mol. The van der Waals surface area contributed by atoms with Crippen LogP contribution in [0.15, 0.2) is 40.3 Å². The van der Waals surface area contributed by atoms with Gasteiger partial charge < -0.3 is 9.73 Å². The predicted octanol–water partition coefficient (Wildman–Crippen LogP) is 3.46.